The average Bonchev–Trinajstić information content (AvgIpc) is 2.48. The zero-order chi connectivity index (χ0) is 13.9. The Bertz CT molecular complexity index is 892. The van der Waals surface area contributed by atoms with Crippen LogP contribution in [0.25, 0.3) is 10.9 Å². The average molecular weight is 266 g/mol. The van der Waals surface area contributed by atoms with Crippen LogP contribution >= 0.6 is 0 Å². The van der Waals surface area contributed by atoms with Crippen LogP contribution < -0.4 is 11.4 Å². The van der Waals surface area contributed by atoms with Crippen molar-refractivity contribution in [2.75, 3.05) is 0 Å². The molecular weight excluding hydrogens is 256 g/mol. The van der Waals surface area contributed by atoms with Crippen LogP contribution in [0, 0.1) is 0 Å². The maximum Gasteiger partial charge on any atom is 0.443 e. The molecule has 0 amide bonds. The molecule has 0 saturated heterocycles. The largest absolute Gasteiger partial charge is 0.443 e. The van der Waals surface area contributed by atoms with Gasteiger partial charge in [-0.3, -0.25) is 0 Å². The Morgan fingerprint density at radius 3 is 2.45 bits per heavy atom. The molecule has 98 valence electrons. The molecule has 5 heteroatoms. The molecule has 0 radical (unpaired) electrons. The van der Waals surface area contributed by atoms with Gasteiger partial charge in [0.1, 0.15) is 0 Å². The van der Waals surface area contributed by atoms with Crippen LogP contribution in [0.4, 0.5) is 0 Å². The Labute approximate surface area is 113 Å². The molecule has 0 unspecified atom stereocenters. The van der Waals surface area contributed by atoms with Crippen LogP contribution in [0.2, 0.25) is 0 Å². The Hall–Kier alpha value is -2.95. The van der Waals surface area contributed by atoms with E-state index in [0.717, 1.165) is 10.2 Å². The molecular formula is C15H10N2O3. The number of nitrogens with zero attached hydrogens (tertiary/aromatic N) is 2. The van der Waals surface area contributed by atoms with Gasteiger partial charge in [-0.25, -0.2) is 9.59 Å². The van der Waals surface area contributed by atoms with Crippen LogP contribution in [0.3, 0.4) is 0 Å². The molecule has 0 atom stereocenters. The van der Waals surface area contributed by atoms with Crippen molar-refractivity contribution in [3.8, 4) is 0 Å². The van der Waals surface area contributed by atoms with Crippen molar-refractivity contribution in [1.82, 2.24) is 4.68 Å². The minimum absolute atomic E-state index is 0.317. The Morgan fingerprint density at radius 1 is 0.950 bits per heavy atom. The van der Waals surface area contributed by atoms with Crippen molar-refractivity contribution in [3.63, 3.8) is 0 Å². The van der Waals surface area contributed by atoms with E-state index in [-0.39, 0.29) is 0 Å². The molecule has 0 N–H and O–H groups in total. The molecule has 20 heavy (non-hydrogen) atoms. The highest BCUT2D eigenvalue weighted by Gasteiger charge is 2.07. The van der Waals surface area contributed by atoms with Crippen molar-refractivity contribution in [3.05, 3.63) is 81.1 Å². The number of para-hydroxylation sites is 1. The summed E-state index contributed by atoms with van der Waals surface area (Å²) in [7, 11) is 0. The smallest absolute Gasteiger partial charge is 0.371 e. The summed E-state index contributed by atoms with van der Waals surface area (Å²) in [4.78, 5) is 23.4. The van der Waals surface area contributed by atoms with Gasteiger partial charge in [0.2, 0.25) is 0 Å². The van der Waals surface area contributed by atoms with Gasteiger partial charge in [-0.15, -0.1) is 0 Å². The Balaban J connectivity index is 2.20. The highest BCUT2D eigenvalue weighted by Crippen LogP contribution is 2.07. The predicted octanol–water partition coefficient (Wildman–Crippen LogP) is 1.84. The van der Waals surface area contributed by atoms with Crippen LogP contribution in [-0.2, 0) is 0 Å². The first-order valence-electron chi connectivity index (χ1n) is 6.00. The van der Waals surface area contributed by atoms with Crippen LogP contribution in [-0.4, -0.2) is 10.9 Å². The summed E-state index contributed by atoms with van der Waals surface area (Å²) < 4.78 is 5.72. The summed E-state index contributed by atoms with van der Waals surface area (Å²) in [5, 5.41) is 4.41. The highest BCUT2D eigenvalue weighted by molar-refractivity contribution is 5.81. The van der Waals surface area contributed by atoms with E-state index in [1.165, 1.54) is 6.21 Å². The Kier molecular flexibility index (Phi) is 3.01. The fourth-order valence-electron chi connectivity index (χ4n) is 1.88. The van der Waals surface area contributed by atoms with Gasteiger partial charge in [0, 0.05) is 0 Å². The topological polar surface area (TPSA) is 64.6 Å². The predicted molar refractivity (Wildman–Crippen MR) is 76.2 cm³/mol. The van der Waals surface area contributed by atoms with Gasteiger partial charge in [0.15, 0.2) is 0 Å². The lowest BCUT2D eigenvalue weighted by atomic mass is 10.2. The summed E-state index contributed by atoms with van der Waals surface area (Å²) in [6, 6.07) is 16.0. The zero-order valence-corrected chi connectivity index (χ0v) is 10.4. The number of aromatic nitrogens is 1. The van der Waals surface area contributed by atoms with E-state index >= 15 is 0 Å². The maximum atomic E-state index is 11.8. The van der Waals surface area contributed by atoms with Gasteiger partial charge in [-0.05, 0) is 17.7 Å². The molecule has 3 rings (SSSR count). The van der Waals surface area contributed by atoms with E-state index in [9.17, 15) is 9.59 Å². The van der Waals surface area contributed by atoms with E-state index in [1.807, 2.05) is 30.3 Å². The maximum absolute atomic E-state index is 11.8. The molecule has 0 aliphatic carbocycles. The third-order valence-electron chi connectivity index (χ3n) is 2.83. The quantitative estimate of drug-likeness (QED) is 0.665. The van der Waals surface area contributed by atoms with Crippen molar-refractivity contribution in [1.29, 1.82) is 0 Å². The minimum Gasteiger partial charge on any atom is -0.371 e. The van der Waals surface area contributed by atoms with Crippen LogP contribution in [0.15, 0.2) is 73.7 Å². The van der Waals surface area contributed by atoms with Gasteiger partial charge in [0.25, 0.3) is 0 Å². The second-order valence-electron chi connectivity index (χ2n) is 4.14. The number of benzene rings is 2. The third-order valence-corrected chi connectivity index (χ3v) is 2.83. The molecule has 3 aromatic rings. The van der Waals surface area contributed by atoms with E-state index in [0.29, 0.717) is 10.9 Å². The molecule has 0 aliphatic rings. The van der Waals surface area contributed by atoms with Crippen LogP contribution in [0.5, 0.6) is 0 Å². The van der Waals surface area contributed by atoms with E-state index in [4.69, 9.17) is 0 Å². The fourth-order valence-corrected chi connectivity index (χ4v) is 1.88. The lowest BCUT2D eigenvalue weighted by molar-refractivity contribution is 0.430. The standard InChI is InChI=1S/C15H10N2O3/c18-14-12-8-4-5-9-13(12)17(15(19)20-14)16-10-11-6-2-1-3-7-11/h1-10H. The second-order valence-corrected chi connectivity index (χ2v) is 4.14. The summed E-state index contributed by atoms with van der Waals surface area (Å²) in [6.07, 6.45) is 1.54. The van der Waals surface area contributed by atoms with E-state index in [1.54, 1.807) is 24.3 Å². The fraction of sp³-hybridized carbons (Fsp3) is 0. The molecule has 0 spiro atoms. The first-order valence-corrected chi connectivity index (χ1v) is 6.00. The molecule has 2 aromatic carbocycles. The number of fused-ring (bicyclic) bond motifs is 1. The zero-order valence-electron chi connectivity index (χ0n) is 10.4. The van der Waals surface area contributed by atoms with Crippen molar-refractivity contribution in [2.45, 2.75) is 0 Å². The third kappa shape index (κ3) is 2.16. The minimum atomic E-state index is -0.805. The summed E-state index contributed by atoms with van der Waals surface area (Å²) >= 11 is 0. The molecule has 0 aliphatic heterocycles. The Morgan fingerprint density at radius 2 is 1.65 bits per heavy atom. The summed E-state index contributed by atoms with van der Waals surface area (Å²) in [5.41, 5.74) is 0.604. The van der Waals surface area contributed by atoms with Crippen molar-refractivity contribution < 1.29 is 4.42 Å². The second kappa shape index (κ2) is 4.97. The normalized spacial score (nSPS) is 11.2. The number of rotatable bonds is 2. The molecule has 0 bridgehead atoms. The van der Waals surface area contributed by atoms with E-state index in [2.05, 4.69) is 9.52 Å². The van der Waals surface area contributed by atoms with Crippen molar-refractivity contribution in [2.24, 2.45) is 5.10 Å². The van der Waals surface area contributed by atoms with Gasteiger partial charge in [-0.2, -0.15) is 9.78 Å². The first-order chi connectivity index (χ1) is 9.75. The molecule has 5 nitrogen and oxygen atoms in total. The van der Waals surface area contributed by atoms with Crippen LogP contribution in [0.1, 0.15) is 5.56 Å². The lowest BCUT2D eigenvalue weighted by Crippen LogP contribution is -2.22. The number of hydrogen-bond donors (Lipinski definition) is 0. The molecule has 0 saturated carbocycles. The lowest BCUT2D eigenvalue weighted by Gasteiger charge is -2.01. The molecule has 1 heterocycles. The van der Waals surface area contributed by atoms with Gasteiger partial charge in [0.05, 0.1) is 17.1 Å². The summed E-state index contributed by atoms with van der Waals surface area (Å²) in [5.74, 6) is -0.805. The van der Waals surface area contributed by atoms with E-state index < -0.39 is 11.4 Å². The molecule has 0 fully saturated rings. The van der Waals surface area contributed by atoms with Crippen molar-refractivity contribution >= 4 is 17.1 Å². The van der Waals surface area contributed by atoms with Gasteiger partial charge < -0.3 is 4.42 Å². The van der Waals surface area contributed by atoms with Gasteiger partial charge >= 0.3 is 11.4 Å². The molecule has 1 aromatic heterocycles. The SMILES string of the molecule is O=c1oc(=O)n(N=Cc2ccccc2)c2ccccc12. The van der Waals surface area contributed by atoms with Gasteiger partial charge in [-0.1, -0.05) is 42.5 Å². The number of hydrogen-bond acceptors (Lipinski definition) is 4. The highest BCUT2D eigenvalue weighted by atomic mass is 16.4. The monoisotopic (exact) mass is 266 g/mol. The first kappa shape index (κ1) is 12.1. The summed E-state index contributed by atoms with van der Waals surface area (Å²) in [6.45, 7) is 0.